The molecule has 1 unspecified atom stereocenters. The highest BCUT2D eigenvalue weighted by molar-refractivity contribution is 5.90. The molecule has 1 aromatic heterocycles. The molecule has 6 heterocycles. The Bertz CT molecular complexity index is 2230. The summed E-state index contributed by atoms with van der Waals surface area (Å²) in [6.07, 6.45) is 7.32. The number of nitrogens with zero attached hydrogens (tertiary/aromatic N) is 3. The number of carbonyl (C=O) groups is 3. The number of aromatic nitrogens is 1. The zero-order chi connectivity index (χ0) is 40.2. The summed E-state index contributed by atoms with van der Waals surface area (Å²) in [4.78, 5) is 52.4. The highest BCUT2D eigenvalue weighted by Gasteiger charge is 2.80. The van der Waals surface area contributed by atoms with Crippen LogP contribution in [0.1, 0.15) is 74.3 Å². The quantitative estimate of drug-likeness (QED) is 0.192. The average Bonchev–Trinajstić information content (AvgIpc) is 3.86. The second kappa shape index (κ2) is 13.5. The SMILES string of the molecule is CCC1=C[C@@H]2CN(C1)Cc1c([nH]c3ccccc13)[C@H](C(=O)OC)[C@H]2c1cc2c(cc1OC)N(C)[C@H]1[C@@](O)(C(=O)OC)[C@H](OC(C)=O)[C@]3(CC)C=CCN4CC[C@]21[C@@H]43. The first-order valence-corrected chi connectivity index (χ1v) is 20.4. The van der Waals surface area contributed by atoms with Gasteiger partial charge in [-0.25, -0.2) is 4.79 Å². The summed E-state index contributed by atoms with van der Waals surface area (Å²) in [5.74, 6) is -2.33. The summed E-state index contributed by atoms with van der Waals surface area (Å²) in [5.41, 5.74) is 2.91. The van der Waals surface area contributed by atoms with Crippen LogP contribution in [0, 0.1) is 11.3 Å². The van der Waals surface area contributed by atoms with Gasteiger partial charge in [0, 0.05) is 91.3 Å². The molecule has 302 valence electrons. The number of likely N-dealkylation sites (N-methyl/N-ethyl adjacent to an activating group) is 1. The number of ether oxygens (including phenoxy) is 4. The van der Waals surface area contributed by atoms with E-state index >= 15 is 0 Å². The van der Waals surface area contributed by atoms with Crippen LogP contribution in [-0.2, 0) is 40.6 Å². The van der Waals surface area contributed by atoms with Gasteiger partial charge in [0.25, 0.3) is 0 Å². The van der Waals surface area contributed by atoms with Gasteiger partial charge in [0.05, 0.1) is 27.4 Å². The molecule has 0 radical (unpaired) electrons. The van der Waals surface area contributed by atoms with Crippen LogP contribution in [0.15, 0.2) is 60.2 Å². The number of nitrogens with one attached hydrogen (secondary N) is 1. The van der Waals surface area contributed by atoms with Crippen LogP contribution in [0.4, 0.5) is 5.69 Å². The number of hydrogen-bond acceptors (Lipinski definition) is 11. The summed E-state index contributed by atoms with van der Waals surface area (Å²) >= 11 is 0. The van der Waals surface area contributed by atoms with Gasteiger partial charge in [-0.15, -0.1) is 0 Å². The van der Waals surface area contributed by atoms with Crippen molar-refractivity contribution in [2.45, 2.75) is 87.6 Å². The first kappa shape index (κ1) is 37.9. The minimum absolute atomic E-state index is 0.0733. The van der Waals surface area contributed by atoms with Crippen molar-refractivity contribution in [3.63, 3.8) is 0 Å². The summed E-state index contributed by atoms with van der Waals surface area (Å²) < 4.78 is 23.7. The molecule has 2 aromatic carbocycles. The van der Waals surface area contributed by atoms with Crippen LogP contribution in [0.25, 0.3) is 10.9 Å². The van der Waals surface area contributed by atoms with Crippen molar-refractivity contribution in [3.05, 3.63) is 82.6 Å². The number of benzene rings is 2. The van der Waals surface area contributed by atoms with Gasteiger partial charge in [-0.2, -0.15) is 0 Å². The molecule has 10 atom stereocenters. The molecule has 12 nitrogen and oxygen atoms in total. The first-order chi connectivity index (χ1) is 27.4. The Labute approximate surface area is 333 Å². The number of esters is 3. The Morgan fingerprint density at radius 3 is 2.53 bits per heavy atom. The zero-order valence-electron chi connectivity index (χ0n) is 34.0. The Morgan fingerprint density at radius 2 is 1.82 bits per heavy atom. The summed E-state index contributed by atoms with van der Waals surface area (Å²) in [7, 11) is 6.29. The minimum atomic E-state index is -2.25. The normalized spacial score (nSPS) is 34.9. The van der Waals surface area contributed by atoms with E-state index in [1.54, 1.807) is 7.11 Å². The molecule has 2 N–H and O–H groups in total. The number of para-hydroxylation sites is 1. The van der Waals surface area contributed by atoms with Crippen LogP contribution >= 0.6 is 0 Å². The Balaban J connectivity index is 1.34. The standard InChI is InChI=1S/C45H54N4O8/c1-8-26-19-27-23-48(22-26)24-30-28-13-10-11-14-32(28)46-37(30)36(38(51)55-6)35(27)29-20-31-33(21-34(29)54-5)47(4)40-44(31)16-18-49-17-12-15-43(9-2,39(44)49)41(57-25(3)50)45(40,53)42(52)56-7/h10-15,19-21,27,35-36,39-41,46,53H,8-9,16-18,22-24H2,1-7H3/t27-,35-,36-,39+,40-,41-,43-,44-,45+/m1/s1. The van der Waals surface area contributed by atoms with Crippen LogP contribution in [0.5, 0.6) is 5.75 Å². The van der Waals surface area contributed by atoms with Crippen molar-refractivity contribution in [2.24, 2.45) is 11.3 Å². The fourth-order valence-corrected chi connectivity index (χ4v) is 12.8. The molecule has 0 amide bonds. The molecule has 2 fully saturated rings. The second-order valence-corrected chi connectivity index (χ2v) is 17.1. The Kier molecular flexibility index (Phi) is 8.95. The van der Waals surface area contributed by atoms with Crippen LogP contribution in [-0.4, -0.2) is 116 Å². The zero-order valence-corrected chi connectivity index (χ0v) is 34.0. The van der Waals surface area contributed by atoms with Gasteiger partial charge >= 0.3 is 17.9 Å². The molecule has 2 bridgehead atoms. The molecule has 57 heavy (non-hydrogen) atoms. The van der Waals surface area contributed by atoms with E-state index in [-0.39, 0.29) is 17.9 Å². The van der Waals surface area contributed by atoms with E-state index in [4.69, 9.17) is 18.9 Å². The van der Waals surface area contributed by atoms with E-state index in [0.29, 0.717) is 38.2 Å². The van der Waals surface area contributed by atoms with Crippen molar-refractivity contribution >= 4 is 34.5 Å². The summed E-state index contributed by atoms with van der Waals surface area (Å²) in [5, 5.41) is 14.4. The lowest BCUT2D eigenvalue weighted by Crippen LogP contribution is -2.81. The number of rotatable bonds is 7. The van der Waals surface area contributed by atoms with E-state index in [2.05, 4.69) is 58.1 Å². The number of methoxy groups -OCH3 is 3. The molecule has 1 saturated heterocycles. The molecule has 1 aliphatic carbocycles. The lowest BCUT2D eigenvalue weighted by atomic mass is 9.47. The fraction of sp³-hybridized carbons (Fsp3) is 0.533. The van der Waals surface area contributed by atoms with Gasteiger partial charge in [-0.1, -0.05) is 55.8 Å². The third-order valence-electron chi connectivity index (χ3n) is 14.7. The van der Waals surface area contributed by atoms with Gasteiger partial charge in [-0.3, -0.25) is 19.4 Å². The van der Waals surface area contributed by atoms with Gasteiger partial charge in [-0.05, 0) is 60.5 Å². The molecule has 1 spiro atoms. The van der Waals surface area contributed by atoms with Crippen molar-refractivity contribution < 1.29 is 38.4 Å². The predicted molar refractivity (Wildman–Crippen MR) is 214 cm³/mol. The number of fused-ring (bicyclic) bond motifs is 6. The van der Waals surface area contributed by atoms with Gasteiger partial charge in [0.15, 0.2) is 6.10 Å². The summed E-state index contributed by atoms with van der Waals surface area (Å²) in [6, 6.07) is 11.4. The average molecular weight is 779 g/mol. The van der Waals surface area contributed by atoms with Gasteiger partial charge in [0.2, 0.25) is 5.60 Å². The summed E-state index contributed by atoms with van der Waals surface area (Å²) in [6.45, 7) is 9.22. The number of anilines is 1. The third-order valence-corrected chi connectivity index (χ3v) is 14.7. The van der Waals surface area contributed by atoms with E-state index in [9.17, 15) is 19.5 Å². The highest BCUT2D eigenvalue weighted by atomic mass is 16.6. The predicted octanol–water partition coefficient (Wildman–Crippen LogP) is 4.94. The van der Waals surface area contributed by atoms with E-state index in [1.807, 2.05) is 37.1 Å². The van der Waals surface area contributed by atoms with Crippen molar-refractivity contribution in [2.75, 3.05) is 59.5 Å². The molecular formula is C45H54N4O8. The van der Waals surface area contributed by atoms with E-state index < -0.39 is 52.4 Å². The smallest absolute Gasteiger partial charge is 0.344 e. The van der Waals surface area contributed by atoms with Crippen molar-refractivity contribution in [1.29, 1.82) is 0 Å². The van der Waals surface area contributed by atoms with Crippen LogP contribution < -0.4 is 9.64 Å². The van der Waals surface area contributed by atoms with Crippen molar-refractivity contribution in [3.8, 4) is 5.75 Å². The number of H-pyrrole nitrogens is 1. The number of carbonyl (C=O) groups excluding carboxylic acids is 3. The largest absolute Gasteiger partial charge is 0.496 e. The van der Waals surface area contributed by atoms with E-state index in [1.165, 1.54) is 26.7 Å². The topological polar surface area (TPSA) is 134 Å². The molecule has 12 heteroatoms. The molecule has 3 aromatic rings. The Morgan fingerprint density at radius 1 is 1.04 bits per heavy atom. The fourth-order valence-electron chi connectivity index (χ4n) is 12.8. The number of aliphatic hydroxyl groups is 1. The second-order valence-electron chi connectivity index (χ2n) is 17.1. The minimum Gasteiger partial charge on any atom is -0.496 e. The number of aromatic amines is 1. The number of hydrogen-bond donors (Lipinski definition) is 2. The van der Waals surface area contributed by atoms with Crippen LogP contribution in [0.3, 0.4) is 0 Å². The first-order valence-electron chi connectivity index (χ1n) is 20.4. The van der Waals surface area contributed by atoms with Gasteiger partial charge in [0.1, 0.15) is 11.7 Å². The van der Waals surface area contributed by atoms with Gasteiger partial charge < -0.3 is 33.9 Å². The molecule has 9 rings (SSSR count). The lowest BCUT2D eigenvalue weighted by Gasteiger charge is -2.63. The molecular weight excluding hydrogens is 725 g/mol. The molecule has 5 aliphatic heterocycles. The third kappa shape index (κ3) is 4.99. The maximum Gasteiger partial charge on any atom is 0.344 e. The maximum absolute atomic E-state index is 14.5. The monoisotopic (exact) mass is 778 g/mol. The van der Waals surface area contributed by atoms with Crippen LogP contribution in [0.2, 0.25) is 0 Å². The maximum atomic E-state index is 14.5. The molecule has 1 saturated carbocycles. The van der Waals surface area contributed by atoms with E-state index in [0.717, 1.165) is 58.5 Å². The Hall–Kier alpha value is -4.65. The van der Waals surface area contributed by atoms with Crippen molar-refractivity contribution in [1.82, 2.24) is 14.8 Å². The highest BCUT2D eigenvalue weighted by Crippen LogP contribution is 2.68. The lowest BCUT2D eigenvalue weighted by molar-refractivity contribution is -0.228. The molecule has 6 aliphatic rings.